The molecule has 7 heteroatoms. The smallest absolute Gasteiger partial charge is 0.383 e. The molecule has 0 radical (unpaired) electrons. The van der Waals surface area contributed by atoms with Crippen LogP contribution in [0.4, 0.5) is 13.2 Å². The van der Waals surface area contributed by atoms with Crippen molar-refractivity contribution < 1.29 is 22.7 Å². The van der Waals surface area contributed by atoms with Crippen molar-refractivity contribution in [2.24, 2.45) is 0 Å². The van der Waals surface area contributed by atoms with E-state index in [-0.39, 0.29) is 16.6 Å². The number of methoxy groups -OCH3 is 1. The molecule has 1 aromatic carbocycles. The van der Waals surface area contributed by atoms with Crippen molar-refractivity contribution in [3.05, 3.63) is 40.4 Å². The summed E-state index contributed by atoms with van der Waals surface area (Å²) in [6, 6.07) is 3.25. The third-order valence-corrected chi connectivity index (χ3v) is 2.86. The molecular weight excluding hydrogens is 307 g/mol. The third-order valence-electron chi connectivity index (χ3n) is 2.53. The summed E-state index contributed by atoms with van der Waals surface area (Å²) in [6.07, 6.45) is -2.08. The van der Waals surface area contributed by atoms with Crippen molar-refractivity contribution in [1.29, 1.82) is 0 Å². The van der Waals surface area contributed by atoms with Crippen LogP contribution in [0.15, 0.2) is 24.3 Å². The quantitative estimate of drug-likeness (QED) is 0.843. The van der Waals surface area contributed by atoms with Crippen LogP contribution in [-0.4, -0.2) is 25.7 Å². The van der Waals surface area contributed by atoms with E-state index in [0.717, 1.165) is 18.2 Å². The van der Waals surface area contributed by atoms with Gasteiger partial charge in [0, 0.05) is 19.2 Å². The van der Waals surface area contributed by atoms with Crippen LogP contribution in [0.1, 0.15) is 18.1 Å². The number of hydrogen-bond acceptors (Lipinski definition) is 2. The summed E-state index contributed by atoms with van der Waals surface area (Å²) in [6.45, 7) is 2.10. The number of ether oxygens (including phenoxy) is 1. The summed E-state index contributed by atoms with van der Waals surface area (Å²) >= 11 is 5.51. The molecule has 1 rings (SSSR count). The summed E-state index contributed by atoms with van der Waals surface area (Å²) in [5, 5.41) is 2.23. The second-order valence-corrected chi connectivity index (χ2v) is 4.84. The van der Waals surface area contributed by atoms with Crippen LogP contribution in [0.25, 0.3) is 6.08 Å². The van der Waals surface area contributed by atoms with E-state index in [2.05, 4.69) is 5.32 Å². The van der Waals surface area contributed by atoms with Crippen molar-refractivity contribution in [2.75, 3.05) is 13.7 Å². The summed E-state index contributed by atoms with van der Waals surface area (Å²) < 4.78 is 42.9. The topological polar surface area (TPSA) is 38.3 Å². The fraction of sp³-hybridized carbons (Fsp3) is 0.357. The summed E-state index contributed by atoms with van der Waals surface area (Å²) in [4.78, 5) is 11.5. The van der Waals surface area contributed by atoms with Crippen LogP contribution in [0, 0.1) is 0 Å². The van der Waals surface area contributed by atoms with Gasteiger partial charge in [0.15, 0.2) is 0 Å². The number of alkyl halides is 3. The highest BCUT2D eigenvalue weighted by atomic mass is 35.5. The molecule has 1 atom stereocenters. The van der Waals surface area contributed by atoms with Gasteiger partial charge in [-0.2, -0.15) is 13.2 Å². The van der Waals surface area contributed by atoms with Crippen molar-refractivity contribution in [1.82, 2.24) is 5.32 Å². The van der Waals surface area contributed by atoms with E-state index in [9.17, 15) is 18.0 Å². The van der Waals surface area contributed by atoms with E-state index in [1.807, 2.05) is 0 Å². The lowest BCUT2D eigenvalue weighted by atomic mass is 10.1. The Morgan fingerprint density at radius 2 is 2.14 bits per heavy atom. The zero-order valence-corrected chi connectivity index (χ0v) is 12.3. The molecule has 1 amide bonds. The Kier molecular flexibility index (Phi) is 6.23. The fourth-order valence-electron chi connectivity index (χ4n) is 1.62. The first-order valence-corrected chi connectivity index (χ1v) is 6.46. The van der Waals surface area contributed by atoms with E-state index in [1.54, 1.807) is 6.92 Å². The molecule has 0 fully saturated rings. The summed E-state index contributed by atoms with van der Waals surface area (Å²) in [5.74, 6) is -0.414. The predicted molar refractivity (Wildman–Crippen MR) is 75.0 cm³/mol. The number of rotatable bonds is 5. The molecule has 0 spiro atoms. The molecule has 0 aliphatic rings. The molecule has 1 N–H and O–H groups in total. The predicted octanol–water partition coefficient (Wildman–Crippen LogP) is 3.52. The highest BCUT2D eigenvalue weighted by Gasteiger charge is 2.33. The molecule has 0 aliphatic carbocycles. The number of amides is 1. The number of hydrogen-bond donors (Lipinski definition) is 1. The zero-order chi connectivity index (χ0) is 16.0. The average Bonchev–Trinajstić information content (AvgIpc) is 2.36. The Hall–Kier alpha value is -1.53. The first-order valence-electron chi connectivity index (χ1n) is 6.08. The Morgan fingerprint density at radius 1 is 1.48 bits per heavy atom. The van der Waals surface area contributed by atoms with Crippen molar-refractivity contribution in [3.63, 3.8) is 0 Å². The van der Waals surface area contributed by atoms with Crippen LogP contribution in [0.5, 0.6) is 0 Å². The Labute approximate surface area is 125 Å². The lowest BCUT2D eigenvalue weighted by Gasteiger charge is -2.11. The molecule has 0 saturated heterocycles. The van der Waals surface area contributed by atoms with Crippen LogP contribution in [0.2, 0.25) is 5.02 Å². The number of benzene rings is 1. The Balaban J connectivity index is 2.79. The van der Waals surface area contributed by atoms with Crippen molar-refractivity contribution in [3.8, 4) is 0 Å². The second-order valence-electron chi connectivity index (χ2n) is 4.44. The number of halogens is 4. The van der Waals surface area contributed by atoms with Gasteiger partial charge in [0.25, 0.3) is 0 Å². The lowest BCUT2D eigenvalue weighted by Crippen LogP contribution is -2.34. The molecular formula is C14H15ClF3NO2. The van der Waals surface area contributed by atoms with Crippen LogP contribution in [-0.2, 0) is 15.7 Å². The molecule has 0 bridgehead atoms. The van der Waals surface area contributed by atoms with Gasteiger partial charge in [-0.3, -0.25) is 4.79 Å². The number of carbonyl (C=O) groups excluding carboxylic acids is 1. The molecule has 21 heavy (non-hydrogen) atoms. The number of carbonyl (C=O) groups is 1. The van der Waals surface area contributed by atoms with Crippen LogP contribution >= 0.6 is 11.6 Å². The fourth-order valence-corrected chi connectivity index (χ4v) is 1.84. The highest BCUT2D eigenvalue weighted by Crippen LogP contribution is 2.35. The number of nitrogens with one attached hydrogen (secondary N) is 1. The maximum Gasteiger partial charge on any atom is 0.417 e. The maximum atomic E-state index is 12.7. The standard InChI is InChI=1S/C14H15ClF3NO2/c1-9(8-21-2)19-13(20)6-4-10-3-5-12(15)11(7-10)14(16,17)18/h3-7,9H,8H2,1-2H3,(H,19,20)/b6-4+. The largest absolute Gasteiger partial charge is 0.417 e. The van der Waals surface area contributed by atoms with Gasteiger partial charge in [-0.1, -0.05) is 17.7 Å². The monoisotopic (exact) mass is 321 g/mol. The van der Waals surface area contributed by atoms with E-state index in [1.165, 1.54) is 19.3 Å². The minimum absolute atomic E-state index is 0.192. The van der Waals surface area contributed by atoms with Gasteiger partial charge in [0.2, 0.25) is 5.91 Å². The van der Waals surface area contributed by atoms with Gasteiger partial charge in [0.1, 0.15) is 0 Å². The van der Waals surface area contributed by atoms with Gasteiger partial charge in [-0.15, -0.1) is 0 Å². The lowest BCUT2D eigenvalue weighted by molar-refractivity contribution is -0.137. The molecule has 116 valence electrons. The normalized spacial score (nSPS) is 13.4. The van der Waals surface area contributed by atoms with Crippen LogP contribution in [0.3, 0.4) is 0 Å². The van der Waals surface area contributed by atoms with E-state index in [0.29, 0.717) is 6.61 Å². The maximum absolute atomic E-state index is 12.7. The SMILES string of the molecule is COCC(C)NC(=O)/C=C/c1ccc(Cl)c(C(F)(F)F)c1. The molecule has 3 nitrogen and oxygen atoms in total. The first-order chi connectivity index (χ1) is 9.74. The zero-order valence-electron chi connectivity index (χ0n) is 11.5. The van der Waals surface area contributed by atoms with Gasteiger partial charge in [0.05, 0.1) is 17.2 Å². The van der Waals surface area contributed by atoms with E-state index < -0.39 is 17.6 Å². The Bertz CT molecular complexity index is 529. The third kappa shape index (κ3) is 5.77. The first kappa shape index (κ1) is 17.5. The molecule has 0 aromatic heterocycles. The van der Waals surface area contributed by atoms with Gasteiger partial charge in [-0.05, 0) is 30.7 Å². The summed E-state index contributed by atoms with van der Waals surface area (Å²) in [5.41, 5.74) is -0.694. The Morgan fingerprint density at radius 3 is 2.71 bits per heavy atom. The molecule has 1 unspecified atom stereocenters. The summed E-state index contributed by atoms with van der Waals surface area (Å²) in [7, 11) is 1.50. The molecule has 1 aromatic rings. The van der Waals surface area contributed by atoms with E-state index in [4.69, 9.17) is 16.3 Å². The minimum Gasteiger partial charge on any atom is -0.383 e. The van der Waals surface area contributed by atoms with Crippen molar-refractivity contribution >= 4 is 23.6 Å². The van der Waals surface area contributed by atoms with Gasteiger partial charge in [-0.25, -0.2) is 0 Å². The molecule has 0 aliphatic heterocycles. The highest BCUT2D eigenvalue weighted by molar-refractivity contribution is 6.31. The molecule has 0 heterocycles. The van der Waals surface area contributed by atoms with Crippen molar-refractivity contribution in [2.45, 2.75) is 19.1 Å². The second kappa shape index (κ2) is 7.47. The van der Waals surface area contributed by atoms with Gasteiger partial charge < -0.3 is 10.1 Å². The molecule has 0 saturated carbocycles. The average molecular weight is 322 g/mol. The van der Waals surface area contributed by atoms with E-state index >= 15 is 0 Å². The van der Waals surface area contributed by atoms with Gasteiger partial charge >= 0.3 is 6.18 Å². The van der Waals surface area contributed by atoms with Crippen LogP contribution < -0.4 is 5.32 Å². The minimum atomic E-state index is -4.53.